The van der Waals surface area contributed by atoms with E-state index in [2.05, 4.69) is 0 Å². The Morgan fingerprint density at radius 3 is 2.60 bits per heavy atom. The highest BCUT2D eigenvalue weighted by Crippen LogP contribution is 2.19. The summed E-state index contributed by atoms with van der Waals surface area (Å²) in [5.74, 6) is -0.698. The van der Waals surface area contributed by atoms with Crippen LogP contribution in [0.25, 0.3) is 0 Å². The molecule has 0 atom stereocenters. The largest absolute Gasteiger partial charge is 0.505 e. The molecule has 1 aromatic rings. The zero-order valence-electron chi connectivity index (χ0n) is 8.33. The summed E-state index contributed by atoms with van der Waals surface area (Å²) in [6, 6.07) is 4.06. The van der Waals surface area contributed by atoms with E-state index in [1.54, 1.807) is 6.07 Å². The van der Waals surface area contributed by atoms with Gasteiger partial charge in [-0.15, -0.1) is 0 Å². The van der Waals surface area contributed by atoms with E-state index >= 15 is 0 Å². The second-order valence-corrected chi connectivity index (χ2v) is 3.71. The number of nitrogens with zero attached hydrogens (tertiary/aromatic N) is 1. The minimum absolute atomic E-state index is 0.339. The molecule has 0 unspecified atom stereocenters. The van der Waals surface area contributed by atoms with Gasteiger partial charge in [0.2, 0.25) is 0 Å². The van der Waals surface area contributed by atoms with Crippen molar-refractivity contribution in [2.24, 2.45) is 0 Å². The Kier molecular flexibility index (Phi) is 2.58. The van der Waals surface area contributed by atoms with Crippen LogP contribution in [0.5, 0.6) is 5.75 Å². The van der Waals surface area contributed by atoms with E-state index in [9.17, 15) is 4.39 Å². The number of hydrogen-bond donors (Lipinski definition) is 2. The van der Waals surface area contributed by atoms with Crippen molar-refractivity contribution in [1.29, 1.82) is 5.41 Å². The Labute approximate surface area is 87.7 Å². The molecule has 0 amide bonds. The van der Waals surface area contributed by atoms with Crippen molar-refractivity contribution in [3.05, 3.63) is 29.6 Å². The van der Waals surface area contributed by atoms with Gasteiger partial charge in [-0.2, -0.15) is 0 Å². The first kappa shape index (κ1) is 9.96. The third-order valence-corrected chi connectivity index (χ3v) is 2.64. The van der Waals surface area contributed by atoms with Crippen LogP contribution in [0.15, 0.2) is 18.2 Å². The van der Waals surface area contributed by atoms with Crippen LogP contribution in [0.1, 0.15) is 18.4 Å². The number of amidine groups is 1. The van der Waals surface area contributed by atoms with Crippen LogP contribution in [0.4, 0.5) is 4.39 Å². The molecule has 1 fully saturated rings. The van der Waals surface area contributed by atoms with Gasteiger partial charge in [-0.05, 0) is 31.0 Å². The Bertz CT molecular complexity index is 386. The molecule has 1 saturated heterocycles. The number of hydrogen-bond acceptors (Lipinski definition) is 2. The highest BCUT2D eigenvalue weighted by molar-refractivity contribution is 5.96. The molecule has 2 N–H and O–H groups in total. The molecule has 15 heavy (non-hydrogen) atoms. The number of phenols is 1. The molecule has 0 aromatic heterocycles. The van der Waals surface area contributed by atoms with Crippen molar-refractivity contribution >= 4 is 5.84 Å². The lowest BCUT2D eigenvalue weighted by molar-refractivity contribution is 0.432. The molecular formula is C11H13FN2O. The molecule has 1 aliphatic rings. The summed E-state index contributed by atoms with van der Waals surface area (Å²) in [4.78, 5) is 1.92. The van der Waals surface area contributed by atoms with E-state index in [1.165, 1.54) is 12.1 Å². The molecule has 1 aromatic carbocycles. The number of benzene rings is 1. The highest BCUT2D eigenvalue weighted by atomic mass is 19.1. The number of rotatable bonds is 1. The molecule has 0 saturated carbocycles. The van der Waals surface area contributed by atoms with Crippen LogP contribution < -0.4 is 0 Å². The van der Waals surface area contributed by atoms with Crippen molar-refractivity contribution in [2.75, 3.05) is 13.1 Å². The molecule has 3 nitrogen and oxygen atoms in total. The number of nitrogens with one attached hydrogen (secondary N) is 1. The molecular weight excluding hydrogens is 195 g/mol. The molecule has 1 heterocycles. The maximum absolute atomic E-state index is 13.1. The standard InChI is InChI=1S/C11H13FN2O/c12-9-7-8(3-4-10(9)15)11(13)14-5-1-2-6-14/h3-4,7,13,15H,1-2,5-6H2. The maximum Gasteiger partial charge on any atom is 0.165 e. The van der Waals surface area contributed by atoms with E-state index in [0.29, 0.717) is 11.4 Å². The average molecular weight is 208 g/mol. The van der Waals surface area contributed by atoms with Gasteiger partial charge >= 0.3 is 0 Å². The summed E-state index contributed by atoms with van der Waals surface area (Å²) in [6.45, 7) is 1.72. The molecule has 80 valence electrons. The Hall–Kier alpha value is -1.58. The molecule has 1 aliphatic heterocycles. The van der Waals surface area contributed by atoms with Crippen LogP contribution in [-0.4, -0.2) is 28.9 Å². The average Bonchev–Trinajstić information content (AvgIpc) is 2.74. The third-order valence-electron chi connectivity index (χ3n) is 2.64. The number of halogens is 1. The number of phenolic OH excluding ortho intramolecular Hbond substituents is 1. The van der Waals surface area contributed by atoms with Crippen molar-refractivity contribution in [3.63, 3.8) is 0 Å². The molecule has 0 spiro atoms. The summed E-state index contributed by atoms with van der Waals surface area (Å²) < 4.78 is 13.1. The lowest BCUT2D eigenvalue weighted by Crippen LogP contribution is -2.27. The fourth-order valence-corrected chi connectivity index (χ4v) is 1.78. The van der Waals surface area contributed by atoms with E-state index in [-0.39, 0.29) is 5.75 Å². The van der Waals surface area contributed by atoms with Gasteiger partial charge in [0, 0.05) is 18.7 Å². The van der Waals surface area contributed by atoms with Crippen molar-refractivity contribution in [1.82, 2.24) is 4.90 Å². The second kappa shape index (κ2) is 3.88. The van der Waals surface area contributed by atoms with Gasteiger partial charge in [0.1, 0.15) is 5.84 Å². The van der Waals surface area contributed by atoms with Gasteiger partial charge in [-0.1, -0.05) is 0 Å². The van der Waals surface area contributed by atoms with Crippen LogP contribution >= 0.6 is 0 Å². The molecule has 0 radical (unpaired) electrons. The zero-order chi connectivity index (χ0) is 10.8. The predicted octanol–water partition coefficient (Wildman–Crippen LogP) is 1.95. The second-order valence-electron chi connectivity index (χ2n) is 3.71. The van der Waals surface area contributed by atoms with Crippen molar-refractivity contribution in [2.45, 2.75) is 12.8 Å². The summed E-state index contributed by atoms with van der Waals surface area (Å²) in [5, 5.41) is 16.9. The summed E-state index contributed by atoms with van der Waals surface area (Å²) in [6.07, 6.45) is 2.17. The minimum atomic E-state index is -0.670. The molecule has 2 rings (SSSR count). The van der Waals surface area contributed by atoms with E-state index < -0.39 is 5.82 Å². The smallest absolute Gasteiger partial charge is 0.165 e. The van der Waals surface area contributed by atoms with E-state index in [1.807, 2.05) is 4.90 Å². The van der Waals surface area contributed by atoms with Gasteiger partial charge in [0.25, 0.3) is 0 Å². The normalized spacial score (nSPS) is 15.7. The zero-order valence-corrected chi connectivity index (χ0v) is 8.33. The first-order valence-corrected chi connectivity index (χ1v) is 5.01. The molecule has 0 aliphatic carbocycles. The van der Waals surface area contributed by atoms with Crippen molar-refractivity contribution < 1.29 is 9.50 Å². The first-order chi connectivity index (χ1) is 7.18. The fraction of sp³-hybridized carbons (Fsp3) is 0.364. The summed E-state index contributed by atoms with van der Waals surface area (Å²) >= 11 is 0. The van der Waals surface area contributed by atoms with E-state index in [0.717, 1.165) is 25.9 Å². The number of aromatic hydroxyl groups is 1. The monoisotopic (exact) mass is 208 g/mol. The Balaban J connectivity index is 2.21. The number of likely N-dealkylation sites (tertiary alicyclic amines) is 1. The predicted molar refractivity (Wildman–Crippen MR) is 55.7 cm³/mol. The third kappa shape index (κ3) is 1.93. The van der Waals surface area contributed by atoms with Crippen molar-refractivity contribution in [3.8, 4) is 5.75 Å². The van der Waals surface area contributed by atoms with Crippen LogP contribution in [0.3, 0.4) is 0 Å². The SMILES string of the molecule is N=C(c1ccc(O)c(F)c1)N1CCCC1. The Morgan fingerprint density at radius 1 is 1.33 bits per heavy atom. The maximum atomic E-state index is 13.1. The fourth-order valence-electron chi connectivity index (χ4n) is 1.78. The summed E-state index contributed by atoms with van der Waals surface area (Å²) in [7, 11) is 0. The highest BCUT2D eigenvalue weighted by Gasteiger charge is 2.17. The van der Waals surface area contributed by atoms with Crippen LogP contribution in [0.2, 0.25) is 0 Å². The van der Waals surface area contributed by atoms with Crippen LogP contribution in [0, 0.1) is 11.2 Å². The first-order valence-electron chi connectivity index (χ1n) is 5.01. The Morgan fingerprint density at radius 2 is 2.00 bits per heavy atom. The quantitative estimate of drug-likeness (QED) is 0.547. The van der Waals surface area contributed by atoms with E-state index in [4.69, 9.17) is 10.5 Å². The van der Waals surface area contributed by atoms with Gasteiger partial charge in [0.15, 0.2) is 11.6 Å². The van der Waals surface area contributed by atoms with Gasteiger partial charge in [0.05, 0.1) is 0 Å². The van der Waals surface area contributed by atoms with Gasteiger partial charge < -0.3 is 10.0 Å². The topological polar surface area (TPSA) is 47.3 Å². The molecule has 0 bridgehead atoms. The van der Waals surface area contributed by atoms with Gasteiger partial charge in [-0.25, -0.2) is 4.39 Å². The van der Waals surface area contributed by atoms with Gasteiger partial charge in [-0.3, -0.25) is 5.41 Å². The lowest BCUT2D eigenvalue weighted by Gasteiger charge is -2.18. The summed E-state index contributed by atoms with van der Waals surface area (Å²) in [5.41, 5.74) is 0.521. The minimum Gasteiger partial charge on any atom is -0.505 e. The molecule has 4 heteroatoms. The lowest BCUT2D eigenvalue weighted by atomic mass is 10.2. The van der Waals surface area contributed by atoms with Crippen LogP contribution in [-0.2, 0) is 0 Å².